The predicted octanol–water partition coefficient (Wildman–Crippen LogP) is 3.45. The van der Waals surface area contributed by atoms with Gasteiger partial charge in [-0.05, 0) is 44.9 Å². The Morgan fingerprint density at radius 3 is 2.82 bits per heavy atom. The number of piperidine rings is 1. The lowest BCUT2D eigenvalue weighted by Crippen LogP contribution is -2.47. The molecule has 6 nitrogen and oxygen atoms in total. The number of carbonyl (C=O) groups is 1. The van der Waals surface area contributed by atoms with Crippen molar-refractivity contribution in [1.82, 2.24) is 9.88 Å². The quantitative estimate of drug-likeness (QED) is 0.736. The van der Waals surface area contributed by atoms with Gasteiger partial charge < -0.3 is 14.2 Å². The Morgan fingerprint density at radius 1 is 1.25 bits per heavy atom. The molecule has 0 bridgehead atoms. The minimum Gasteiger partial charge on any atom is -0.462 e. The minimum atomic E-state index is -0.296. The first-order chi connectivity index (χ1) is 13.7. The van der Waals surface area contributed by atoms with Crippen LogP contribution in [0, 0.1) is 6.92 Å². The number of aryl methyl sites for hydroxylation is 1. The van der Waals surface area contributed by atoms with Crippen LogP contribution in [0.1, 0.15) is 47.8 Å². The van der Waals surface area contributed by atoms with Crippen LogP contribution in [0.5, 0.6) is 0 Å². The van der Waals surface area contributed by atoms with Gasteiger partial charge in [-0.2, -0.15) is 0 Å². The van der Waals surface area contributed by atoms with Crippen LogP contribution in [0.3, 0.4) is 0 Å². The van der Waals surface area contributed by atoms with Crippen molar-refractivity contribution in [2.45, 2.75) is 52.0 Å². The normalized spacial score (nSPS) is 21.3. The second-order valence-corrected chi connectivity index (χ2v) is 7.44. The monoisotopic (exact) mass is 384 g/mol. The zero-order chi connectivity index (χ0) is 19.5. The van der Waals surface area contributed by atoms with Crippen molar-refractivity contribution in [3.05, 3.63) is 41.1 Å². The number of aromatic nitrogens is 1. The first-order valence-electron chi connectivity index (χ1n) is 10.2. The van der Waals surface area contributed by atoms with Gasteiger partial charge in [0.2, 0.25) is 0 Å². The minimum absolute atomic E-state index is 0.187. The zero-order valence-electron chi connectivity index (χ0n) is 16.6. The van der Waals surface area contributed by atoms with E-state index >= 15 is 0 Å². The van der Waals surface area contributed by atoms with Crippen LogP contribution in [0.4, 0.5) is 0 Å². The van der Waals surface area contributed by atoms with Gasteiger partial charge in [-0.1, -0.05) is 24.6 Å². The van der Waals surface area contributed by atoms with Crippen LogP contribution in [0.25, 0.3) is 10.9 Å². The third kappa shape index (κ3) is 3.77. The fourth-order valence-corrected chi connectivity index (χ4v) is 4.34. The molecule has 0 radical (unpaired) electrons. The van der Waals surface area contributed by atoms with Crippen LogP contribution in [0.2, 0.25) is 0 Å². The van der Waals surface area contributed by atoms with Gasteiger partial charge in [-0.25, -0.2) is 4.79 Å². The molecule has 1 aromatic carbocycles. The van der Waals surface area contributed by atoms with E-state index in [1.165, 1.54) is 6.42 Å². The molecule has 3 heterocycles. The summed E-state index contributed by atoms with van der Waals surface area (Å²) >= 11 is 0. The van der Waals surface area contributed by atoms with E-state index in [-0.39, 0.29) is 18.3 Å². The number of fused-ring (bicyclic) bond motifs is 1. The summed E-state index contributed by atoms with van der Waals surface area (Å²) in [5.74, 6) is -0.296. The van der Waals surface area contributed by atoms with E-state index in [1.807, 2.05) is 38.1 Å². The van der Waals surface area contributed by atoms with Crippen molar-refractivity contribution < 1.29 is 19.0 Å². The van der Waals surface area contributed by atoms with Crippen molar-refractivity contribution in [3.8, 4) is 0 Å². The topological polar surface area (TPSA) is 60.9 Å². The van der Waals surface area contributed by atoms with E-state index in [9.17, 15) is 4.79 Å². The number of esters is 1. The Morgan fingerprint density at radius 2 is 2.04 bits per heavy atom. The van der Waals surface area contributed by atoms with E-state index < -0.39 is 0 Å². The first-order valence-corrected chi connectivity index (χ1v) is 10.2. The van der Waals surface area contributed by atoms with Crippen molar-refractivity contribution in [2.75, 3.05) is 26.4 Å². The average molecular weight is 384 g/mol. The lowest BCUT2D eigenvalue weighted by molar-refractivity contribution is -0.111. The molecule has 6 heteroatoms. The largest absolute Gasteiger partial charge is 0.462 e. The molecule has 1 aromatic heterocycles. The molecule has 0 unspecified atom stereocenters. The highest BCUT2D eigenvalue weighted by molar-refractivity contribution is 5.98. The molecule has 2 aromatic rings. The first kappa shape index (κ1) is 19.3. The Kier molecular flexibility index (Phi) is 5.90. The number of rotatable bonds is 5. The van der Waals surface area contributed by atoms with Gasteiger partial charge in [0.05, 0.1) is 42.6 Å². The molecular weight excluding hydrogens is 356 g/mol. The maximum atomic E-state index is 12.8. The van der Waals surface area contributed by atoms with Crippen LogP contribution >= 0.6 is 0 Å². The number of carbonyl (C=O) groups excluding carboxylic acids is 1. The van der Waals surface area contributed by atoms with Crippen LogP contribution in [-0.2, 0) is 20.8 Å². The number of hydrogen-bond acceptors (Lipinski definition) is 6. The summed E-state index contributed by atoms with van der Waals surface area (Å²) in [6, 6.07) is 8.15. The molecule has 2 saturated heterocycles. The van der Waals surface area contributed by atoms with Crippen LogP contribution in [0.15, 0.2) is 24.3 Å². The van der Waals surface area contributed by atoms with Gasteiger partial charge in [0.15, 0.2) is 6.29 Å². The van der Waals surface area contributed by atoms with E-state index in [4.69, 9.17) is 19.2 Å². The van der Waals surface area contributed by atoms with Crippen molar-refractivity contribution in [1.29, 1.82) is 0 Å². The van der Waals surface area contributed by atoms with Gasteiger partial charge in [-0.15, -0.1) is 0 Å². The highest BCUT2D eigenvalue weighted by Gasteiger charge is 2.34. The lowest BCUT2D eigenvalue weighted by Gasteiger charge is -2.38. The van der Waals surface area contributed by atoms with Crippen molar-refractivity contribution in [3.63, 3.8) is 0 Å². The average Bonchev–Trinajstić information content (AvgIpc) is 3.23. The summed E-state index contributed by atoms with van der Waals surface area (Å²) in [6.45, 7) is 7.00. The smallest absolute Gasteiger partial charge is 0.340 e. The van der Waals surface area contributed by atoms with Crippen LogP contribution in [-0.4, -0.2) is 54.6 Å². The molecular formula is C22H28N2O4. The van der Waals surface area contributed by atoms with Crippen LogP contribution < -0.4 is 0 Å². The Hall–Kier alpha value is -2.02. The third-order valence-corrected chi connectivity index (χ3v) is 5.69. The molecule has 2 aliphatic rings. The molecule has 150 valence electrons. The number of pyridine rings is 1. The molecule has 0 saturated carbocycles. The molecule has 0 N–H and O–H groups in total. The third-order valence-electron chi connectivity index (χ3n) is 5.69. The molecule has 2 fully saturated rings. The molecule has 0 aliphatic carbocycles. The van der Waals surface area contributed by atoms with E-state index in [0.29, 0.717) is 31.9 Å². The molecule has 2 aliphatic heterocycles. The maximum Gasteiger partial charge on any atom is 0.340 e. The zero-order valence-corrected chi connectivity index (χ0v) is 16.6. The molecule has 1 atom stereocenters. The Bertz CT molecular complexity index is 848. The van der Waals surface area contributed by atoms with Gasteiger partial charge >= 0.3 is 5.97 Å². The number of likely N-dealkylation sites (tertiary alicyclic amines) is 1. The maximum absolute atomic E-state index is 12.8. The predicted molar refractivity (Wildman–Crippen MR) is 106 cm³/mol. The highest BCUT2D eigenvalue weighted by atomic mass is 16.7. The molecule has 0 spiro atoms. The fraction of sp³-hybridized carbons (Fsp3) is 0.545. The summed E-state index contributed by atoms with van der Waals surface area (Å²) in [7, 11) is 0. The van der Waals surface area contributed by atoms with E-state index in [0.717, 1.165) is 41.5 Å². The number of para-hydroxylation sites is 1. The van der Waals surface area contributed by atoms with E-state index in [1.54, 1.807) is 0 Å². The number of nitrogens with zero attached hydrogens (tertiary/aromatic N) is 2. The van der Waals surface area contributed by atoms with Gasteiger partial charge in [0.25, 0.3) is 0 Å². The second kappa shape index (κ2) is 8.55. The summed E-state index contributed by atoms with van der Waals surface area (Å²) in [5.41, 5.74) is 3.21. The highest BCUT2D eigenvalue weighted by Crippen LogP contribution is 2.29. The number of benzene rings is 1. The van der Waals surface area contributed by atoms with Gasteiger partial charge in [0.1, 0.15) is 0 Å². The standard InChI is InChI=1S/C22H28N2O4/c1-3-26-21(25)20-15(2)16-8-4-5-9-17(16)23-18(20)14-24-11-7-6-10-19(24)22-27-12-13-28-22/h4-5,8-9,19,22H,3,6-7,10-14H2,1-2H3/t19-/m1/s1. The SMILES string of the molecule is CCOC(=O)c1c(CN2CCCC[C@@H]2C2OCCO2)nc2ccccc2c1C. The van der Waals surface area contributed by atoms with Crippen molar-refractivity contribution >= 4 is 16.9 Å². The van der Waals surface area contributed by atoms with Gasteiger partial charge in [-0.3, -0.25) is 9.88 Å². The summed E-state index contributed by atoms with van der Waals surface area (Å²) in [5, 5.41) is 0.993. The van der Waals surface area contributed by atoms with E-state index in [2.05, 4.69) is 4.90 Å². The Labute approximate surface area is 165 Å². The molecule has 4 rings (SSSR count). The number of hydrogen-bond donors (Lipinski definition) is 0. The summed E-state index contributed by atoms with van der Waals surface area (Å²) in [4.78, 5) is 20.0. The Balaban J connectivity index is 1.71. The van der Waals surface area contributed by atoms with Crippen molar-refractivity contribution in [2.24, 2.45) is 0 Å². The summed E-state index contributed by atoms with van der Waals surface area (Å²) < 4.78 is 17.0. The molecule has 0 amide bonds. The fourth-order valence-electron chi connectivity index (χ4n) is 4.34. The lowest BCUT2D eigenvalue weighted by atomic mass is 9.98. The summed E-state index contributed by atoms with van der Waals surface area (Å²) in [6.07, 6.45) is 3.14. The van der Waals surface area contributed by atoms with Gasteiger partial charge in [0, 0.05) is 11.9 Å². The molecule has 28 heavy (non-hydrogen) atoms. The number of ether oxygens (including phenoxy) is 3. The second-order valence-electron chi connectivity index (χ2n) is 7.44.